The first kappa shape index (κ1) is 12.2. The SMILES string of the molecule is CC(NCCCn1ccnn1)C(C)(C)C. The molecule has 1 atom stereocenters. The fourth-order valence-corrected chi connectivity index (χ4v) is 1.22. The largest absolute Gasteiger partial charge is 0.314 e. The molecular weight excluding hydrogens is 188 g/mol. The van der Waals surface area contributed by atoms with Gasteiger partial charge < -0.3 is 5.32 Å². The molecule has 0 saturated carbocycles. The first-order valence-corrected chi connectivity index (χ1v) is 5.57. The van der Waals surface area contributed by atoms with E-state index in [0.717, 1.165) is 19.5 Å². The molecule has 4 heteroatoms. The van der Waals surface area contributed by atoms with Crippen molar-refractivity contribution >= 4 is 0 Å². The smallest absolute Gasteiger partial charge is 0.0692 e. The van der Waals surface area contributed by atoms with Crippen LogP contribution in [0.2, 0.25) is 0 Å². The highest BCUT2D eigenvalue weighted by Crippen LogP contribution is 2.18. The zero-order valence-electron chi connectivity index (χ0n) is 10.2. The molecule has 0 amide bonds. The molecule has 1 heterocycles. The second-order valence-corrected chi connectivity index (χ2v) is 5.06. The van der Waals surface area contributed by atoms with Crippen LogP contribution in [0.15, 0.2) is 12.4 Å². The average molecular weight is 210 g/mol. The van der Waals surface area contributed by atoms with E-state index in [9.17, 15) is 0 Å². The van der Waals surface area contributed by atoms with Crippen molar-refractivity contribution in [3.8, 4) is 0 Å². The zero-order chi connectivity index (χ0) is 11.3. The summed E-state index contributed by atoms with van der Waals surface area (Å²) in [6.07, 6.45) is 4.70. The lowest BCUT2D eigenvalue weighted by Crippen LogP contribution is -2.38. The van der Waals surface area contributed by atoms with Crippen molar-refractivity contribution in [1.29, 1.82) is 0 Å². The molecule has 0 aliphatic rings. The van der Waals surface area contributed by atoms with Crippen molar-refractivity contribution in [2.45, 2.75) is 46.7 Å². The molecule has 1 rings (SSSR count). The molecule has 4 nitrogen and oxygen atoms in total. The number of hydrogen-bond acceptors (Lipinski definition) is 3. The van der Waals surface area contributed by atoms with Gasteiger partial charge in [0.15, 0.2) is 0 Å². The van der Waals surface area contributed by atoms with Gasteiger partial charge in [-0.1, -0.05) is 26.0 Å². The second-order valence-electron chi connectivity index (χ2n) is 5.06. The molecule has 1 unspecified atom stereocenters. The van der Waals surface area contributed by atoms with Crippen molar-refractivity contribution in [3.05, 3.63) is 12.4 Å². The summed E-state index contributed by atoms with van der Waals surface area (Å²) < 4.78 is 1.86. The molecule has 0 radical (unpaired) electrons. The van der Waals surface area contributed by atoms with Gasteiger partial charge in [0.2, 0.25) is 0 Å². The van der Waals surface area contributed by atoms with Gasteiger partial charge in [0.1, 0.15) is 0 Å². The number of hydrogen-bond donors (Lipinski definition) is 1. The average Bonchev–Trinajstić information content (AvgIpc) is 2.63. The molecule has 1 aromatic heterocycles. The highest BCUT2D eigenvalue weighted by molar-refractivity contribution is 4.75. The molecule has 0 saturated heterocycles. The predicted octanol–water partition coefficient (Wildman–Crippen LogP) is 1.69. The first-order chi connectivity index (χ1) is 7.00. The summed E-state index contributed by atoms with van der Waals surface area (Å²) >= 11 is 0. The van der Waals surface area contributed by atoms with Crippen molar-refractivity contribution in [1.82, 2.24) is 20.3 Å². The maximum absolute atomic E-state index is 3.92. The Bertz CT molecular complexity index is 261. The lowest BCUT2D eigenvalue weighted by Gasteiger charge is -2.28. The third-order valence-corrected chi connectivity index (χ3v) is 2.79. The van der Waals surface area contributed by atoms with Crippen LogP contribution in [0.3, 0.4) is 0 Å². The molecule has 15 heavy (non-hydrogen) atoms. The Hall–Kier alpha value is -0.900. The van der Waals surface area contributed by atoms with Gasteiger partial charge in [-0.15, -0.1) is 5.10 Å². The minimum absolute atomic E-state index is 0.327. The zero-order valence-corrected chi connectivity index (χ0v) is 10.2. The lowest BCUT2D eigenvalue weighted by molar-refractivity contribution is 0.284. The number of nitrogens with zero attached hydrogens (tertiary/aromatic N) is 3. The van der Waals surface area contributed by atoms with Gasteiger partial charge in [0.25, 0.3) is 0 Å². The van der Waals surface area contributed by atoms with Crippen molar-refractivity contribution in [2.75, 3.05) is 6.54 Å². The van der Waals surface area contributed by atoms with Crippen LogP contribution in [0, 0.1) is 5.41 Å². The summed E-state index contributed by atoms with van der Waals surface area (Å²) in [4.78, 5) is 0. The Morgan fingerprint density at radius 2 is 2.13 bits per heavy atom. The van der Waals surface area contributed by atoms with Crippen LogP contribution in [0.25, 0.3) is 0 Å². The summed E-state index contributed by atoms with van der Waals surface area (Å²) in [5, 5.41) is 11.2. The van der Waals surface area contributed by atoms with E-state index >= 15 is 0 Å². The van der Waals surface area contributed by atoms with Crippen molar-refractivity contribution in [3.63, 3.8) is 0 Å². The van der Waals surface area contributed by atoms with Crippen LogP contribution in [0.1, 0.15) is 34.1 Å². The van der Waals surface area contributed by atoms with Gasteiger partial charge >= 0.3 is 0 Å². The number of nitrogens with one attached hydrogen (secondary N) is 1. The predicted molar refractivity (Wildman–Crippen MR) is 61.6 cm³/mol. The summed E-state index contributed by atoms with van der Waals surface area (Å²) in [5.74, 6) is 0. The maximum Gasteiger partial charge on any atom is 0.0692 e. The van der Waals surface area contributed by atoms with Crippen LogP contribution >= 0.6 is 0 Å². The van der Waals surface area contributed by atoms with Crippen molar-refractivity contribution in [2.24, 2.45) is 5.41 Å². The standard InChI is InChI=1S/C11H22N4/c1-10(11(2,3)4)12-6-5-8-15-9-7-13-14-15/h7,9-10,12H,5-6,8H2,1-4H3. The number of aryl methyl sites for hydroxylation is 1. The summed E-state index contributed by atoms with van der Waals surface area (Å²) in [7, 11) is 0. The topological polar surface area (TPSA) is 42.7 Å². The highest BCUT2D eigenvalue weighted by Gasteiger charge is 2.18. The van der Waals surface area contributed by atoms with Crippen LogP contribution in [0.5, 0.6) is 0 Å². The van der Waals surface area contributed by atoms with E-state index in [1.807, 2.05) is 10.9 Å². The van der Waals surface area contributed by atoms with Gasteiger partial charge in [-0.2, -0.15) is 0 Å². The Morgan fingerprint density at radius 1 is 1.40 bits per heavy atom. The van der Waals surface area contributed by atoms with E-state index in [1.165, 1.54) is 0 Å². The highest BCUT2D eigenvalue weighted by atomic mass is 15.4. The molecule has 0 bridgehead atoms. The second kappa shape index (κ2) is 5.26. The number of aromatic nitrogens is 3. The molecule has 1 N–H and O–H groups in total. The lowest BCUT2D eigenvalue weighted by atomic mass is 9.88. The Morgan fingerprint density at radius 3 is 2.67 bits per heavy atom. The van der Waals surface area contributed by atoms with Crippen LogP contribution in [0.4, 0.5) is 0 Å². The maximum atomic E-state index is 3.92. The van der Waals surface area contributed by atoms with E-state index in [-0.39, 0.29) is 0 Å². The van der Waals surface area contributed by atoms with E-state index in [4.69, 9.17) is 0 Å². The van der Waals surface area contributed by atoms with Crippen LogP contribution in [-0.2, 0) is 6.54 Å². The first-order valence-electron chi connectivity index (χ1n) is 5.57. The normalized spacial score (nSPS) is 14.1. The van der Waals surface area contributed by atoms with Gasteiger partial charge in [0, 0.05) is 18.8 Å². The fourth-order valence-electron chi connectivity index (χ4n) is 1.22. The Balaban J connectivity index is 2.12. The summed E-state index contributed by atoms with van der Waals surface area (Å²) in [5.41, 5.74) is 0.327. The van der Waals surface area contributed by atoms with Crippen molar-refractivity contribution < 1.29 is 0 Å². The van der Waals surface area contributed by atoms with Crippen LogP contribution < -0.4 is 5.32 Å². The van der Waals surface area contributed by atoms with Gasteiger partial charge in [-0.3, -0.25) is 4.68 Å². The molecule has 0 aliphatic carbocycles. The van der Waals surface area contributed by atoms with Crippen LogP contribution in [-0.4, -0.2) is 27.6 Å². The Labute approximate surface area is 92.1 Å². The monoisotopic (exact) mass is 210 g/mol. The summed E-state index contributed by atoms with van der Waals surface area (Å²) in [6, 6.07) is 0.535. The minimum Gasteiger partial charge on any atom is -0.314 e. The Kier molecular flexibility index (Phi) is 4.27. The summed E-state index contributed by atoms with van der Waals surface area (Å²) in [6.45, 7) is 10.9. The van der Waals surface area contributed by atoms with Gasteiger partial charge in [-0.05, 0) is 25.3 Å². The van der Waals surface area contributed by atoms with E-state index in [2.05, 4.69) is 43.3 Å². The minimum atomic E-state index is 0.327. The third kappa shape index (κ3) is 4.42. The van der Waals surface area contributed by atoms with E-state index in [0.29, 0.717) is 11.5 Å². The molecular formula is C11H22N4. The molecule has 0 aliphatic heterocycles. The number of rotatable bonds is 5. The van der Waals surface area contributed by atoms with Gasteiger partial charge in [-0.25, -0.2) is 0 Å². The molecule has 0 spiro atoms. The molecule has 86 valence electrons. The van der Waals surface area contributed by atoms with Gasteiger partial charge in [0.05, 0.1) is 6.20 Å². The third-order valence-electron chi connectivity index (χ3n) is 2.79. The fraction of sp³-hybridized carbons (Fsp3) is 0.818. The molecule has 0 fully saturated rings. The van der Waals surface area contributed by atoms with E-state index in [1.54, 1.807) is 6.20 Å². The molecule has 0 aromatic carbocycles. The quantitative estimate of drug-likeness (QED) is 0.752. The van der Waals surface area contributed by atoms with E-state index < -0.39 is 0 Å². The molecule has 1 aromatic rings.